The molecule has 0 atom stereocenters. The lowest BCUT2D eigenvalue weighted by Crippen LogP contribution is -2.19. The van der Waals surface area contributed by atoms with E-state index in [0.717, 1.165) is 0 Å². The third kappa shape index (κ3) is 1.33. The number of aromatic nitrogens is 1. The van der Waals surface area contributed by atoms with Crippen LogP contribution in [-0.4, -0.2) is 17.9 Å². The number of hydrogen-bond donors (Lipinski definition) is 0. The highest BCUT2D eigenvalue weighted by molar-refractivity contribution is 7.07. The van der Waals surface area contributed by atoms with Crippen molar-refractivity contribution in [2.45, 2.75) is 6.92 Å². The number of thiazole rings is 1. The molecule has 1 amide bonds. The zero-order valence-electron chi connectivity index (χ0n) is 5.57. The fraction of sp³-hybridized carbons (Fsp3) is 0.333. The van der Waals surface area contributed by atoms with Crippen LogP contribution in [0.15, 0.2) is 10.9 Å². The Morgan fingerprint density at radius 2 is 2.70 bits per heavy atom. The Bertz CT molecular complexity index is 198. The summed E-state index contributed by atoms with van der Waals surface area (Å²) in [6.07, 6.45) is 1.78. The van der Waals surface area contributed by atoms with E-state index in [0.29, 0.717) is 12.4 Å². The highest BCUT2D eigenvalue weighted by atomic mass is 32.1. The van der Waals surface area contributed by atoms with Crippen LogP contribution >= 0.6 is 11.3 Å². The second kappa shape index (κ2) is 3.31. The van der Waals surface area contributed by atoms with Crippen molar-refractivity contribution in [1.29, 1.82) is 0 Å². The summed E-state index contributed by atoms with van der Waals surface area (Å²) in [6, 6.07) is 0. The fourth-order valence-corrected chi connectivity index (χ4v) is 1.15. The molecule has 4 heteroatoms. The molecule has 1 aromatic heterocycles. The van der Waals surface area contributed by atoms with Gasteiger partial charge in [0, 0.05) is 11.9 Å². The van der Waals surface area contributed by atoms with Crippen LogP contribution < -0.4 is 4.90 Å². The van der Waals surface area contributed by atoms with Crippen molar-refractivity contribution in [3.05, 3.63) is 10.9 Å². The SMILES string of the molecule is CCN([C]=O)c1cscn1. The largest absolute Gasteiger partial charge is 0.318 e. The van der Waals surface area contributed by atoms with E-state index in [1.807, 2.05) is 12.3 Å². The minimum atomic E-state index is 0.618. The van der Waals surface area contributed by atoms with Gasteiger partial charge in [-0.25, -0.2) is 4.98 Å². The minimum Gasteiger partial charge on any atom is -0.288 e. The number of hydrogen-bond acceptors (Lipinski definition) is 3. The second-order valence-electron chi connectivity index (χ2n) is 1.68. The van der Waals surface area contributed by atoms with Crippen molar-refractivity contribution < 1.29 is 4.79 Å². The molecule has 10 heavy (non-hydrogen) atoms. The van der Waals surface area contributed by atoms with Crippen LogP contribution in [0.3, 0.4) is 0 Å². The molecule has 0 aromatic carbocycles. The molecule has 3 nitrogen and oxygen atoms in total. The summed E-state index contributed by atoms with van der Waals surface area (Å²) in [5, 5.41) is 1.81. The van der Waals surface area contributed by atoms with Gasteiger partial charge in [0.25, 0.3) is 0 Å². The second-order valence-corrected chi connectivity index (χ2v) is 2.40. The van der Waals surface area contributed by atoms with Crippen molar-refractivity contribution in [1.82, 2.24) is 4.98 Å². The third-order valence-electron chi connectivity index (χ3n) is 1.12. The summed E-state index contributed by atoms with van der Waals surface area (Å²) in [6.45, 7) is 2.50. The van der Waals surface area contributed by atoms with Crippen molar-refractivity contribution in [3.8, 4) is 0 Å². The smallest absolute Gasteiger partial charge is 0.288 e. The van der Waals surface area contributed by atoms with E-state index in [9.17, 15) is 4.79 Å². The molecule has 1 aromatic rings. The molecule has 0 aliphatic rings. The maximum Gasteiger partial charge on any atom is 0.318 e. The van der Waals surface area contributed by atoms with Crippen LogP contribution in [0.4, 0.5) is 5.82 Å². The monoisotopic (exact) mass is 155 g/mol. The first-order valence-corrected chi connectivity index (χ1v) is 3.86. The van der Waals surface area contributed by atoms with Gasteiger partial charge in [-0.15, -0.1) is 11.3 Å². The molecule has 0 fully saturated rings. The van der Waals surface area contributed by atoms with E-state index in [1.54, 1.807) is 11.9 Å². The van der Waals surface area contributed by atoms with E-state index in [2.05, 4.69) is 4.98 Å². The van der Waals surface area contributed by atoms with Gasteiger partial charge in [-0.1, -0.05) is 0 Å². The van der Waals surface area contributed by atoms with Gasteiger partial charge >= 0.3 is 6.41 Å². The number of carbonyl (C=O) groups excluding carboxylic acids is 1. The van der Waals surface area contributed by atoms with Crippen molar-refractivity contribution in [2.24, 2.45) is 0 Å². The van der Waals surface area contributed by atoms with E-state index < -0.39 is 0 Å². The molecule has 0 aliphatic heterocycles. The predicted molar refractivity (Wildman–Crippen MR) is 40.8 cm³/mol. The predicted octanol–water partition coefficient (Wildman–Crippen LogP) is 1.04. The van der Waals surface area contributed by atoms with Crippen molar-refractivity contribution in [2.75, 3.05) is 11.4 Å². The molecule has 0 N–H and O–H groups in total. The Kier molecular flexibility index (Phi) is 2.39. The number of amides is 1. The molecule has 0 aliphatic carbocycles. The van der Waals surface area contributed by atoms with Gasteiger partial charge in [-0.05, 0) is 6.92 Å². The molecule has 0 saturated heterocycles. The van der Waals surface area contributed by atoms with E-state index >= 15 is 0 Å². The molecule has 0 spiro atoms. The van der Waals surface area contributed by atoms with Gasteiger partial charge in [-0.3, -0.25) is 9.69 Å². The zero-order valence-corrected chi connectivity index (χ0v) is 6.39. The average molecular weight is 155 g/mol. The quantitative estimate of drug-likeness (QED) is 0.611. The molecule has 0 saturated carbocycles. The van der Waals surface area contributed by atoms with Gasteiger partial charge < -0.3 is 0 Å². The van der Waals surface area contributed by atoms with Gasteiger partial charge in [0.1, 0.15) is 5.82 Å². The van der Waals surface area contributed by atoms with Crippen LogP contribution in [0.2, 0.25) is 0 Å². The summed E-state index contributed by atoms with van der Waals surface area (Å²) in [4.78, 5) is 15.6. The Balaban J connectivity index is 2.73. The molecule has 53 valence electrons. The average Bonchev–Trinajstić information content (AvgIpc) is 2.43. The lowest BCUT2D eigenvalue weighted by atomic mass is 10.6. The Morgan fingerprint density at radius 1 is 1.90 bits per heavy atom. The van der Waals surface area contributed by atoms with Crippen LogP contribution in [0.25, 0.3) is 0 Å². The normalized spacial score (nSPS) is 9.30. The van der Waals surface area contributed by atoms with Crippen LogP contribution in [0.5, 0.6) is 0 Å². The molecule has 1 radical (unpaired) electrons. The number of rotatable bonds is 3. The van der Waals surface area contributed by atoms with Crippen LogP contribution in [-0.2, 0) is 4.79 Å². The molecular weight excluding hydrogens is 148 g/mol. The molecule has 0 unspecified atom stereocenters. The fourth-order valence-electron chi connectivity index (χ4n) is 0.613. The highest BCUT2D eigenvalue weighted by Gasteiger charge is 2.03. The summed E-state index contributed by atoms with van der Waals surface area (Å²) in [7, 11) is 0. The van der Waals surface area contributed by atoms with Gasteiger partial charge in [0.2, 0.25) is 0 Å². The first-order chi connectivity index (χ1) is 4.88. The summed E-state index contributed by atoms with van der Waals surface area (Å²) in [5.74, 6) is 0.683. The standard InChI is InChI=1S/C6H7N2OS/c1-2-8(5-9)6-3-10-4-7-6/h3-4H,2H2,1H3. The van der Waals surface area contributed by atoms with Gasteiger partial charge in [-0.2, -0.15) is 0 Å². The van der Waals surface area contributed by atoms with Crippen molar-refractivity contribution in [3.63, 3.8) is 0 Å². The van der Waals surface area contributed by atoms with Gasteiger partial charge in [0.15, 0.2) is 0 Å². The lowest BCUT2D eigenvalue weighted by Gasteiger charge is -2.07. The first-order valence-electron chi connectivity index (χ1n) is 2.92. The Morgan fingerprint density at radius 3 is 3.10 bits per heavy atom. The van der Waals surface area contributed by atoms with E-state index in [1.165, 1.54) is 16.2 Å². The Hall–Kier alpha value is -0.900. The number of nitrogens with zero attached hydrogens (tertiary/aromatic N) is 2. The number of anilines is 1. The van der Waals surface area contributed by atoms with E-state index in [4.69, 9.17) is 0 Å². The summed E-state index contributed by atoms with van der Waals surface area (Å²) >= 11 is 1.47. The summed E-state index contributed by atoms with van der Waals surface area (Å²) < 4.78 is 0. The van der Waals surface area contributed by atoms with Crippen LogP contribution in [0, 0.1) is 0 Å². The zero-order chi connectivity index (χ0) is 7.40. The molecule has 1 heterocycles. The third-order valence-corrected chi connectivity index (χ3v) is 1.70. The molecule has 1 rings (SSSR count). The maximum absolute atomic E-state index is 10.2. The summed E-state index contributed by atoms with van der Waals surface area (Å²) in [5.41, 5.74) is 1.69. The Labute approximate surface area is 63.3 Å². The van der Waals surface area contributed by atoms with E-state index in [-0.39, 0.29) is 0 Å². The lowest BCUT2D eigenvalue weighted by molar-refractivity contribution is 0.551. The minimum absolute atomic E-state index is 0.618. The highest BCUT2D eigenvalue weighted by Crippen LogP contribution is 2.10. The van der Waals surface area contributed by atoms with Gasteiger partial charge in [0.05, 0.1) is 5.51 Å². The van der Waals surface area contributed by atoms with Crippen LogP contribution in [0.1, 0.15) is 6.92 Å². The first kappa shape index (κ1) is 7.21. The topological polar surface area (TPSA) is 33.2 Å². The van der Waals surface area contributed by atoms with Crippen molar-refractivity contribution >= 4 is 23.6 Å². The molecular formula is C6H7N2OS. The molecule has 0 bridgehead atoms. The maximum atomic E-state index is 10.2.